The molecule has 2 saturated heterocycles. The molecule has 0 bridgehead atoms. The van der Waals surface area contributed by atoms with Gasteiger partial charge in [-0.1, -0.05) is 5.16 Å². The number of thiazole rings is 1. The molecule has 2 fully saturated rings. The second kappa shape index (κ2) is 9.91. The Labute approximate surface area is 205 Å². The number of nitrogens with zero attached hydrogens (tertiary/aromatic N) is 3. The minimum atomic E-state index is -1.35. The smallest absolute Gasteiger partial charge is 0.352 e. The Kier molecular flexibility index (Phi) is 6.93. The number of carbonyl (C=O) groups is 5. The maximum Gasteiger partial charge on any atom is 0.352 e. The number of hydrogen-bond acceptors (Lipinski definition) is 12. The highest BCUT2D eigenvalue weighted by Gasteiger charge is 2.54. The van der Waals surface area contributed by atoms with Crippen molar-refractivity contribution in [3.05, 3.63) is 22.3 Å². The molecule has 1 aromatic heterocycles. The van der Waals surface area contributed by atoms with Crippen LogP contribution in [0, 0.1) is 0 Å². The number of nitrogen functional groups attached to an aromatic ring is 1. The molecule has 16 heteroatoms. The van der Waals surface area contributed by atoms with E-state index in [0.29, 0.717) is 13.0 Å². The van der Waals surface area contributed by atoms with Crippen molar-refractivity contribution < 1.29 is 38.7 Å². The van der Waals surface area contributed by atoms with Gasteiger partial charge < -0.3 is 31.0 Å². The minimum Gasteiger partial charge on any atom is -0.477 e. The van der Waals surface area contributed by atoms with Crippen LogP contribution in [-0.2, 0) is 33.5 Å². The SMILES string of the molecule is CC(=O)OCC1=C(C(=O)O)N2C(=O)[C@H](NC(=O)/C(=N\OC3CCNC3=O)c3csc(N)n3)[C@H]2SC1. The van der Waals surface area contributed by atoms with E-state index in [1.165, 1.54) is 24.1 Å². The van der Waals surface area contributed by atoms with E-state index in [2.05, 4.69) is 20.8 Å². The number of fused-ring (bicyclic) bond motifs is 1. The molecule has 0 saturated carbocycles. The number of esters is 1. The molecule has 0 spiro atoms. The average molecular weight is 525 g/mol. The van der Waals surface area contributed by atoms with E-state index in [1.807, 2.05) is 0 Å². The van der Waals surface area contributed by atoms with Crippen LogP contribution in [0.3, 0.4) is 0 Å². The molecule has 1 unspecified atom stereocenters. The zero-order valence-electron chi connectivity index (χ0n) is 18.2. The first-order valence-electron chi connectivity index (χ1n) is 10.2. The third kappa shape index (κ3) is 4.93. The number of hydrogen-bond donors (Lipinski definition) is 4. The first-order valence-corrected chi connectivity index (χ1v) is 12.2. The third-order valence-corrected chi connectivity index (χ3v) is 7.25. The Morgan fingerprint density at radius 1 is 1.40 bits per heavy atom. The normalized spacial score (nSPS) is 23.9. The van der Waals surface area contributed by atoms with Gasteiger partial charge in [-0.2, -0.15) is 0 Å². The number of nitrogens with one attached hydrogen (secondary N) is 2. The highest BCUT2D eigenvalue weighted by molar-refractivity contribution is 8.00. The van der Waals surface area contributed by atoms with Gasteiger partial charge in [0.15, 0.2) is 10.8 Å². The molecular weight excluding hydrogens is 504 g/mol. The number of aromatic nitrogens is 1. The van der Waals surface area contributed by atoms with Crippen molar-refractivity contribution in [3.63, 3.8) is 0 Å². The number of amides is 3. The fourth-order valence-electron chi connectivity index (χ4n) is 3.58. The quantitative estimate of drug-likeness (QED) is 0.135. The van der Waals surface area contributed by atoms with E-state index in [-0.39, 0.29) is 46.1 Å². The molecule has 5 N–H and O–H groups in total. The number of β-lactam (4-membered cyclic amide) rings is 1. The number of thioether (sulfide) groups is 1. The predicted molar refractivity (Wildman–Crippen MR) is 122 cm³/mol. The Balaban J connectivity index is 1.51. The van der Waals surface area contributed by atoms with E-state index in [4.69, 9.17) is 15.3 Å². The third-order valence-electron chi connectivity index (χ3n) is 5.24. The van der Waals surface area contributed by atoms with Gasteiger partial charge in [-0.15, -0.1) is 23.1 Å². The van der Waals surface area contributed by atoms with Crippen LogP contribution in [0.25, 0.3) is 0 Å². The number of carboxylic acids is 1. The zero-order valence-corrected chi connectivity index (χ0v) is 19.8. The van der Waals surface area contributed by atoms with Crippen LogP contribution < -0.4 is 16.4 Å². The Morgan fingerprint density at radius 2 is 2.17 bits per heavy atom. The van der Waals surface area contributed by atoms with Gasteiger partial charge in [0.2, 0.25) is 6.10 Å². The van der Waals surface area contributed by atoms with Crippen molar-refractivity contribution in [2.24, 2.45) is 5.16 Å². The first kappa shape index (κ1) is 24.5. The number of rotatable bonds is 8. The standard InChI is InChI=1S/C19H20N6O8S2/c1-7(26)32-4-8-5-34-17-12(16(29)25(17)13(8)18(30)31)23-15(28)11(9-6-35-19(20)22-9)24-33-10-2-3-21-14(10)27/h6,10,12,17H,2-5H2,1H3,(H2,20,22)(H,21,27)(H,23,28)(H,30,31)/b24-11-/t10?,12-,17+/m0/s1. The summed E-state index contributed by atoms with van der Waals surface area (Å²) < 4.78 is 4.90. The van der Waals surface area contributed by atoms with E-state index >= 15 is 0 Å². The summed E-state index contributed by atoms with van der Waals surface area (Å²) in [5.41, 5.74) is 5.47. The number of anilines is 1. The Bertz CT molecular complexity index is 1160. The lowest BCUT2D eigenvalue weighted by Gasteiger charge is -2.49. The van der Waals surface area contributed by atoms with Crippen LogP contribution in [0.2, 0.25) is 0 Å². The molecule has 186 valence electrons. The number of aliphatic carboxylic acids is 1. The molecule has 3 amide bonds. The van der Waals surface area contributed by atoms with Gasteiger partial charge in [0.05, 0.1) is 0 Å². The molecule has 0 radical (unpaired) electrons. The summed E-state index contributed by atoms with van der Waals surface area (Å²) in [6.07, 6.45) is -0.506. The molecule has 0 aromatic carbocycles. The first-order chi connectivity index (χ1) is 16.7. The molecule has 4 heterocycles. The second-order valence-corrected chi connectivity index (χ2v) is 9.58. The van der Waals surface area contributed by atoms with Gasteiger partial charge >= 0.3 is 11.9 Å². The molecule has 3 aliphatic rings. The van der Waals surface area contributed by atoms with E-state index < -0.39 is 41.3 Å². The summed E-state index contributed by atoms with van der Waals surface area (Å²) in [7, 11) is 0. The molecule has 35 heavy (non-hydrogen) atoms. The summed E-state index contributed by atoms with van der Waals surface area (Å²) in [4.78, 5) is 70.9. The number of oxime groups is 1. The second-order valence-electron chi connectivity index (χ2n) is 7.58. The highest BCUT2D eigenvalue weighted by Crippen LogP contribution is 2.40. The molecule has 1 aromatic rings. The van der Waals surface area contributed by atoms with Gasteiger partial charge in [0.1, 0.15) is 29.4 Å². The van der Waals surface area contributed by atoms with Crippen molar-refractivity contribution in [1.29, 1.82) is 0 Å². The number of ether oxygens (including phenoxy) is 1. The van der Waals surface area contributed by atoms with Gasteiger partial charge in [0, 0.05) is 36.6 Å². The number of carbonyl (C=O) groups excluding carboxylic acids is 4. The number of nitrogens with two attached hydrogens (primary N) is 1. The molecule has 14 nitrogen and oxygen atoms in total. The monoisotopic (exact) mass is 524 g/mol. The maximum absolute atomic E-state index is 13.1. The van der Waals surface area contributed by atoms with E-state index in [9.17, 15) is 29.1 Å². The highest BCUT2D eigenvalue weighted by atomic mass is 32.2. The van der Waals surface area contributed by atoms with Crippen LogP contribution >= 0.6 is 23.1 Å². The average Bonchev–Trinajstić information content (AvgIpc) is 3.43. The maximum atomic E-state index is 13.1. The summed E-state index contributed by atoms with van der Waals surface area (Å²) in [6.45, 7) is 1.35. The molecule has 0 aliphatic carbocycles. The molecule has 3 atom stereocenters. The zero-order chi connectivity index (χ0) is 25.3. The van der Waals surface area contributed by atoms with Crippen molar-refractivity contribution in [1.82, 2.24) is 20.5 Å². The summed E-state index contributed by atoms with van der Waals surface area (Å²) in [6, 6.07) is -1.05. The Morgan fingerprint density at radius 3 is 2.77 bits per heavy atom. The van der Waals surface area contributed by atoms with Gasteiger partial charge in [-0.3, -0.25) is 24.1 Å². The lowest BCUT2D eigenvalue weighted by Crippen LogP contribution is -2.71. The lowest BCUT2D eigenvalue weighted by molar-refractivity contribution is -0.150. The van der Waals surface area contributed by atoms with Crippen molar-refractivity contribution in [2.45, 2.75) is 30.9 Å². The van der Waals surface area contributed by atoms with Gasteiger partial charge in [0.25, 0.3) is 17.7 Å². The molecular formula is C19H20N6O8S2. The van der Waals surface area contributed by atoms with Crippen molar-refractivity contribution in [3.8, 4) is 0 Å². The Hall–Kier alpha value is -3.66. The van der Waals surface area contributed by atoms with Crippen LogP contribution in [0.15, 0.2) is 21.8 Å². The van der Waals surface area contributed by atoms with E-state index in [1.54, 1.807) is 0 Å². The molecule has 3 aliphatic heterocycles. The summed E-state index contributed by atoms with van der Waals surface area (Å²) >= 11 is 2.27. The predicted octanol–water partition coefficient (Wildman–Crippen LogP) is -1.36. The van der Waals surface area contributed by atoms with Crippen LogP contribution in [-0.4, -0.2) is 86.8 Å². The van der Waals surface area contributed by atoms with Gasteiger partial charge in [-0.25, -0.2) is 9.78 Å². The summed E-state index contributed by atoms with van der Waals surface area (Å²) in [5, 5.41) is 19.5. The van der Waals surface area contributed by atoms with Crippen LogP contribution in [0.5, 0.6) is 0 Å². The van der Waals surface area contributed by atoms with Crippen LogP contribution in [0.1, 0.15) is 19.0 Å². The van der Waals surface area contributed by atoms with Crippen LogP contribution in [0.4, 0.5) is 5.13 Å². The summed E-state index contributed by atoms with van der Waals surface area (Å²) in [5.74, 6) is -3.58. The van der Waals surface area contributed by atoms with Crippen molar-refractivity contribution in [2.75, 3.05) is 24.6 Å². The number of carboxylic acid groups (broad SMARTS) is 1. The fraction of sp³-hybridized carbons (Fsp3) is 0.421. The van der Waals surface area contributed by atoms with Gasteiger partial charge in [-0.05, 0) is 0 Å². The lowest BCUT2D eigenvalue weighted by atomic mass is 10.0. The molecule has 4 rings (SSSR count). The van der Waals surface area contributed by atoms with E-state index in [0.717, 1.165) is 16.2 Å². The topological polar surface area (TPSA) is 203 Å². The minimum absolute atomic E-state index is 0.0955. The van der Waals surface area contributed by atoms with Crippen molar-refractivity contribution >= 4 is 63.6 Å². The largest absolute Gasteiger partial charge is 0.477 e. The fourth-order valence-corrected chi connectivity index (χ4v) is 5.46.